The summed E-state index contributed by atoms with van der Waals surface area (Å²) in [5.74, 6) is 0.164. The predicted molar refractivity (Wildman–Crippen MR) is 80.9 cm³/mol. The quantitative estimate of drug-likeness (QED) is 0.730. The highest BCUT2D eigenvalue weighted by molar-refractivity contribution is 7.89. The van der Waals surface area contributed by atoms with Gasteiger partial charge in [0.25, 0.3) is 0 Å². The molecule has 0 atom stereocenters. The Hall–Kier alpha value is -0.700. The minimum atomic E-state index is -3.15. The van der Waals surface area contributed by atoms with Crippen LogP contribution in [0.1, 0.15) is 11.3 Å². The van der Waals surface area contributed by atoms with Crippen molar-refractivity contribution < 1.29 is 13.2 Å². The van der Waals surface area contributed by atoms with Crippen molar-refractivity contribution in [2.45, 2.75) is 13.3 Å². The second-order valence-electron chi connectivity index (χ2n) is 4.80. The lowest BCUT2D eigenvalue weighted by molar-refractivity contribution is 0.199. The van der Waals surface area contributed by atoms with Crippen LogP contribution in [0, 0.1) is 6.92 Å². The smallest absolute Gasteiger partial charge is 0.214 e. The van der Waals surface area contributed by atoms with Gasteiger partial charge < -0.3 is 9.64 Å². The van der Waals surface area contributed by atoms with Gasteiger partial charge in [-0.2, -0.15) is 4.31 Å². The highest BCUT2D eigenvalue weighted by Crippen LogP contribution is 2.23. The monoisotopic (exact) mass is 319 g/mol. The third-order valence-corrected chi connectivity index (χ3v) is 6.19. The largest absolute Gasteiger partial charge is 0.385 e. The molecule has 20 heavy (non-hydrogen) atoms. The summed E-state index contributed by atoms with van der Waals surface area (Å²) in [7, 11) is -1.56. The molecule has 1 fully saturated rings. The molecule has 6 nitrogen and oxygen atoms in total. The van der Waals surface area contributed by atoms with Crippen LogP contribution in [0.2, 0.25) is 0 Å². The van der Waals surface area contributed by atoms with Crippen LogP contribution >= 0.6 is 11.3 Å². The maximum absolute atomic E-state index is 12.1. The number of anilines is 1. The summed E-state index contributed by atoms with van der Waals surface area (Å²) in [5, 5.41) is 0.985. The first-order valence-electron chi connectivity index (χ1n) is 6.67. The van der Waals surface area contributed by atoms with E-state index in [4.69, 9.17) is 4.74 Å². The van der Waals surface area contributed by atoms with Gasteiger partial charge in [-0.25, -0.2) is 13.4 Å². The van der Waals surface area contributed by atoms with Crippen molar-refractivity contribution in [3.8, 4) is 0 Å². The third kappa shape index (κ3) is 3.91. The number of piperazine rings is 1. The van der Waals surface area contributed by atoms with Crippen molar-refractivity contribution in [3.05, 3.63) is 11.1 Å². The minimum Gasteiger partial charge on any atom is -0.385 e. The Labute approximate surface area is 124 Å². The summed E-state index contributed by atoms with van der Waals surface area (Å²) < 4.78 is 30.8. The van der Waals surface area contributed by atoms with Crippen molar-refractivity contribution in [1.29, 1.82) is 0 Å². The summed E-state index contributed by atoms with van der Waals surface area (Å²) in [6, 6.07) is 0. The molecule has 0 amide bonds. The molecule has 0 bridgehead atoms. The number of aromatic nitrogens is 1. The van der Waals surface area contributed by atoms with Gasteiger partial charge >= 0.3 is 0 Å². The van der Waals surface area contributed by atoms with Crippen LogP contribution in [0.15, 0.2) is 6.20 Å². The molecule has 0 aromatic carbocycles. The van der Waals surface area contributed by atoms with E-state index in [0.717, 1.165) is 5.13 Å². The summed E-state index contributed by atoms with van der Waals surface area (Å²) >= 11 is 1.65. The number of methoxy groups -OCH3 is 1. The number of sulfonamides is 1. The second-order valence-corrected chi connectivity index (χ2v) is 8.10. The van der Waals surface area contributed by atoms with E-state index in [1.54, 1.807) is 22.8 Å². The zero-order valence-corrected chi connectivity index (χ0v) is 13.5. The summed E-state index contributed by atoms with van der Waals surface area (Å²) in [6.45, 7) is 4.99. The topological polar surface area (TPSA) is 62.7 Å². The molecule has 2 heterocycles. The van der Waals surface area contributed by atoms with Gasteiger partial charge in [0.2, 0.25) is 10.0 Å². The zero-order valence-electron chi connectivity index (χ0n) is 11.9. The summed E-state index contributed by atoms with van der Waals surface area (Å²) in [4.78, 5) is 7.67. The fraction of sp³-hybridized carbons (Fsp3) is 0.750. The fourth-order valence-electron chi connectivity index (χ4n) is 2.16. The molecular weight excluding hydrogens is 298 g/mol. The van der Waals surface area contributed by atoms with E-state index >= 15 is 0 Å². The average molecular weight is 319 g/mol. The molecule has 0 spiro atoms. The maximum Gasteiger partial charge on any atom is 0.214 e. The number of hydrogen-bond acceptors (Lipinski definition) is 6. The van der Waals surface area contributed by atoms with Crippen LogP contribution < -0.4 is 4.90 Å². The first kappa shape index (κ1) is 15.7. The van der Waals surface area contributed by atoms with Gasteiger partial charge in [-0.3, -0.25) is 0 Å². The first-order valence-corrected chi connectivity index (χ1v) is 9.09. The van der Waals surface area contributed by atoms with Crippen LogP contribution in [0.25, 0.3) is 0 Å². The Kier molecular flexibility index (Phi) is 5.36. The van der Waals surface area contributed by atoms with Gasteiger partial charge in [0, 0.05) is 51.0 Å². The summed E-state index contributed by atoms with van der Waals surface area (Å²) in [6.07, 6.45) is 2.40. The van der Waals surface area contributed by atoms with Crippen LogP contribution in [-0.4, -0.2) is 63.4 Å². The molecule has 0 radical (unpaired) electrons. The number of thiazole rings is 1. The van der Waals surface area contributed by atoms with E-state index in [-0.39, 0.29) is 5.75 Å². The van der Waals surface area contributed by atoms with Crippen molar-refractivity contribution in [1.82, 2.24) is 9.29 Å². The van der Waals surface area contributed by atoms with Gasteiger partial charge in [0.1, 0.15) is 0 Å². The number of nitrogens with zero attached hydrogens (tertiary/aromatic N) is 3. The zero-order chi connectivity index (χ0) is 14.6. The van der Waals surface area contributed by atoms with Gasteiger partial charge in [-0.05, 0) is 13.3 Å². The molecule has 8 heteroatoms. The molecular formula is C12H21N3O3S2. The number of aryl methyl sites for hydroxylation is 1. The van der Waals surface area contributed by atoms with E-state index in [9.17, 15) is 8.42 Å². The van der Waals surface area contributed by atoms with Crippen LogP contribution in [-0.2, 0) is 14.8 Å². The summed E-state index contributed by atoms with van der Waals surface area (Å²) in [5.41, 5.74) is 0. The molecule has 114 valence electrons. The number of rotatable bonds is 6. The fourth-order valence-corrected chi connectivity index (χ4v) is 4.43. The first-order chi connectivity index (χ1) is 9.53. The molecule has 0 unspecified atom stereocenters. The van der Waals surface area contributed by atoms with E-state index in [0.29, 0.717) is 39.2 Å². The number of hydrogen-bond donors (Lipinski definition) is 0. The number of ether oxygens (including phenoxy) is 1. The lowest BCUT2D eigenvalue weighted by Gasteiger charge is -2.33. The van der Waals surface area contributed by atoms with Crippen LogP contribution in [0.3, 0.4) is 0 Å². The second kappa shape index (κ2) is 6.84. The molecule has 1 saturated heterocycles. The van der Waals surface area contributed by atoms with E-state index in [2.05, 4.69) is 9.88 Å². The highest BCUT2D eigenvalue weighted by Gasteiger charge is 2.27. The van der Waals surface area contributed by atoms with E-state index < -0.39 is 10.0 Å². The van der Waals surface area contributed by atoms with Crippen molar-refractivity contribution in [2.75, 3.05) is 50.5 Å². The SMILES string of the molecule is COCCCS(=O)(=O)N1CCN(c2ncc(C)s2)CC1. The van der Waals surface area contributed by atoms with Crippen molar-refractivity contribution in [3.63, 3.8) is 0 Å². The normalized spacial score (nSPS) is 17.6. The lowest BCUT2D eigenvalue weighted by Crippen LogP contribution is -2.49. The van der Waals surface area contributed by atoms with Gasteiger partial charge in [-0.1, -0.05) is 0 Å². The minimum absolute atomic E-state index is 0.164. The Balaban J connectivity index is 1.87. The molecule has 1 aromatic rings. The molecule has 1 aromatic heterocycles. The average Bonchev–Trinajstić information content (AvgIpc) is 2.86. The van der Waals surface area contributed by atoms with E-state index in [1.807, 2.05) is 13.1 Å². The molecule has 0 saturated carbocycles. The Morgan fingerprint density at radius 2 is 2.05 bits per heavy atom. The standard InChI is InChI=1S/C12H21N3O3S2/c1-11-10-13-12(19-11)14-4-6-15(7-5-14)20(16,17)9-3-8-18-2/h10H,3-9H2,1-2H3. The Morgan fingerprint density at radius 3 is 2.60 bits per heavy atom. The molecule has 2 rings (SSSR count). The lowest BCUT2D eigenvalue weighted by atomic mass is 10.4. The van der Waals surface area contributed by atoms with Crippen LogP contribution in [0.5, 0.6) is 0 Å². The van der Waals surface area contributed by atoms with Crippen molar-refractivity contribution >= 4 is 26.5 Å². The van der Waals surface area contributed by atoms with Crippen LogP contribution in [0.4, 0.5) is 5.13 Å². The predicted octanol–water partition coefficient (Wildman–Crippen LogP) is 0.940. The Morgan fingerprint density at radius 1 is 1.35 bits per heavy atom. The van der Waals surface area contributed by atoms with E-state index in [1.165, 1.54) is 4.88 Å². The molecule has 0 aliphatic carbocycles. The van der Waals surface area contributed by atoms with Crippen molar-refractivity contribution in [2.24, 2.45) is 0 Å². The van der Waals surface area contributed by atoms with Gasteiger partial charge in [0.15, 0.2) is 5.13 Å². The molecule has 1 aliphatic heterocycles. The Bertz CT molecular complexity index is 522. The van der Waals surface area contributed by atoms with Gasteiger partial charge in [0.05, 0.1) is 5.75 Å². The molecule has 1 aliphatic rings. The molecule has 0 N–H and O–H groups in total. The third-order valence-electron chi connectivity index (χ3n) is 3.26. The maximum atomic E-state index is 12.1. The highest BCUT2D eigenvalue weighted by atomic mass is 32.2. The van der Waals surface area contributed by atoms with Gasteiger partial charge in [-0.15, -0.1) is 11.3 Å².